The van der Waals surface area contributed by atoms with Gasteiger partial charge in [-0.05, 0) is 35.8 Å². The van der Waals surface area contributed by atoms with Gasteiger partial charge in [0.25, 0.3) is 5.91 Å². The second-order valence-electron chi connectivity index (χ2n) is 7.73. The van der Waals surface area contributed by atoms with Crippen LogP contribution in [-0.4, -0.2) is 46.8 Å². The van der Waals surface area contributed by atoms with Gasteiger partial charge in [-0.15, -0.1) is 0 Å². The summed E-state index contributed by atoms with van der Waals surface area (Å²) >= 11 is 0. The van der Waals surface area contributed by atoms with E-state index in [-0.39, 0.29) is 42.3 Å². The van der Waals surface area contributed by atoms with E-state index in [9.17, 15) is 14.4 Å². The monoisotopic (exact) mass is 357 g/mol. The lowest BCUT2D eigenvalue weighted by Gasteiger charge is -2.21. The molecule has 0 bridgehead atoms. The van der Waals surface area contributed by atoms with Gasteiger partial charge in [-0.1, -0.05) is 45.9 Å². The summed E-state index contributed by atoms with van der Waals surface area (Å²) in [7, 11) is 0. The van der Waals surface area contributed by atoms with Crippen molar-refractivity contribution in [3.8, 4) is 0 Å². The second-order valence-corrected chi connectivity index (χ2v) is 7.73. The third kappa shape index (κ3) is 3.20. The van der Waals surface area contributed by atoms with Gasteiger partial charge in [0.05, 0.1) is 0 Å². The highest BCUT2D eigenvalue weighted by Gasteiger charge is 2.47. The summed E-state index contributed by atoms with van der Waals surface area (Å²) in [5.41, 5.74) is 2.93. The molecule has 0 saturated carbocycles. The molecule has 2 saturated heterocycles. The summed E-state index contributed by atoms with van der Waals surface area (Å²) < 4.78 is 0. The minimum atomic E-state index is -0.371. The Morgan fingerprint density at radius 2 is 1.77 bits per heavy atom. The Labute approximate surface area is 154 Å². The van der Waals surface area contributed by atoms with Crippen LogP contribution < -0.4 is 5.32 Å². The average Bonchev–Trinajstić information content (AvgIpc) is 3.14. The lowest BCUT2D eigenvalue weighted by molar-refractivity contribution is -0.131. The second kappa shape index (κ2) is 7.09. The number of fused-ring (bicyclic) bond motifs is 1. The fourth-order valence-electron chi connectivity index (χ4n) is 3.85. The number of carbonyl (C=O) groups excluding carboxylic acids is 3. The number of anilines is 1. The van der Waals surface area contributed by atoms with Crippen molar-refractivity contribution >= 4 is 23.5 Å². The molecule has 6 nitrogen and oxygen atoms in total. The number of hydrogen-bond acceptors (Lipinski definition) is 3. The number of nitrogens with zero attached hydrogens (tertiary/aromatic N) is 2. The van der Waals surface area contributed by atoms with Gasteiger partial charge < -0.3 is 10.2 Å². The molecule has 0 unspecified atom stereocenters. The Balaban J connectivity index is 1.79. The Morgan fingerprint density at radius 3 is 2.31 bits per heavy atom. The first-order chi connectivity index (χ1) is 12.3. The van der Waals surface area contributed by atoms with Crippen molar-refractivity contribution in [3.63, 3.8) is 0 Å². The molecule has 26 heavy (non-hydrogen) atoms. The van der Waals surface area contributed by atoms with Gasteiger partial charge in [0.15, 0.2) is 0 Å². The molecule has 140 valence electrons. The van der Waals surface area contributed by atoms with E-state index in [1.165, 1.54) is 0 Å². The highest BCUT2D eigenvalue weighted by atomic mass is 16.2. The minimum absolute atomic E-state index is 0.228. The van der Waals surface area contributed by atoms with E-state index in [2.05, 4.69) is 33.0 Å². The van der Waals surface area contributed by atoms with Crippen molar-refractivity contribution < 1.29 is 14.4 Å². The number of carbonyl (C=O) groups is 3. The first-order valence-corrected chi connectivity index (χ1v) is 9.36. The molecule has 1 aromatic carbocycles. The lowest BCUT2D eigenvalue weighted by Crippen LogP contribution is -2.39. The maximum atomic E-state index is 12.7. The molecule has 2 heterocycles. The van der Waals surface area contributed by atoms with E-state index in [1.807, 2.05) is 18.2 Å². The summed E-state index contributed by atoms with van der Waals surface area (Å²) in [5, 5.41) is 2.97. The third-order valence-electron chi connectivity index (χ3n) is 5.22. The van der Waals surface area contributed by atoms with Gasteiger partial charge in [0, 0.05) is 12.2 Å². The summed E-state index contributed by atoms with van der Waals surface area (Å²) in [6.07, 6.45) is 1.54. The third-order valence-corrected chi connectivity index (χ3v) is 5.22. The van der Waals surface area contributed by atoms with Crippen molar-refractivity contribution in [2.24, 2.45) is 0 Å². The number of hydrogen-bond donors (Lipinski definition) is 1. The van der Waals surface area contributed by atoms with Gasteiger partial charge in [-0.2, -0.15) is 0 Å². The largest absolute Gasteiger partial charge is 0.327 e. The van der Waals surface area contributed by atoms with Crippen molar-refractivity contribution in [2.45, 2.75) is 58.4 Å². The molecule has 2 aliphatic heterocycles. The predicted molar refractivity (Wildman–Crippen MR) is 100 cm³/mol. The summed E-state index contributed by atoms with van der Waals surface area (Å²) in [6.45, 7) is 8.69. The predicted octanol–water partition coefficient (Wildman–Crippen LogP) is 3.30. The first-order valence-electron chi connectivity index (χ1n) is 9.36. The molecule has 6 heteroatoms. The molecule has 0 aromatic heterocycles. The Hall–Kier alpha value is -2.37. The first kappa shape index (κ1) is 18.4. The van der Waals surface area contributed by atoms with Crippen LogP contribution in [0, 0.1) is 0 Å². The van der Waals surface area contributed by atoms with Gasteiger partial charge in [0.2, 0.25) is 5.91 Å². The van der Waals surface area contributed by atoms with Crippen LogP contribution in [0.25, 0.3) is 0 Å². The van der Waals surface area contributed by atoms with Crippen molar-refractivity contribution in [2.75, 3.05) is 18.4 Å². The van der Waals surface area contributed by atoms with Crippen molar-refractivity contribution in [3.05, 3.63) is 29.3 Å². The van der Waals surface area contributed by atoms with Crippen LogP contribution in [0.4, 0.5) is 10.5 Å². The van der Waals surface area contributed by atoms with Crippen LogP contribution in [0.15, 0.2) is 18.2 Å². The SMILES string of the molecule is CC(C)c1cccc(C(C)C)c1NC(=O)CN1C(=O)[C@H]2CCCN2C1=O. The zero-order chi connectivity index (χ0) is 19.0. The Kier molecular flexibility index (Phi) is 5.03. The number of imide groups is 1. The van der Waals surface area contributed by atoms with E-state index in [0.717, 1.165) is 28.1 Å². The highest BCUT2D eigenvalue weighted by Crippen LogP contribution is 2.32. The molecular formula is C20H27N3O3. The van der Waals surface area contributed by atoms with E-state index in [1.54, 1.807) is 4.90 Å². The van der Waals surface area contributed by atoms with Crippen LogP contribution >= 0.6 is 0 Å². The number of rotatable bonds is 5. The van der Waals surface area contributed by atoms with Crippen LogP contribution in [-0.2, 0) is 9.59 Å². The normalized spacial score (nSPS) is 19.7. The number of nitrogens with one attached hydrogen (secondary N) is 1. The zero-order valence-electron chi connectivity index (χ0n) is 15.9. The maximum Gasteiger partial charge on any atom is 0.327 e. The smallest absolute Gasteiger partial charge is 0.324 e. The number of para-hydroxylation sites is 1. The number of amides is 4. The average molecular weight is 357 g/mol. The van der Waals surface area contributed by atoms with Gasteiger partial charge in [0.1, 0.15) is 12.6 Å². The quantitative estimate of drug-likeness (QED) is 0.822. The fraction of sp³-hybridized carbons (Fsp3) is 0.550. The summed E-state index contributed by atoms with van der Waals surface area (Å²) in [6, 6.07) is 5.31. The fourth-order valence-corrected chi connectivity index (χ4v) is 3.85. The van der Waals surface area contributed by atoms with Crippen LogP contribution in [0.2, 0.25) is 0 Å². The molecule has 3 rings (SSSR count). The molecule has 0 aliphatic carbocycles. The van der Waals surface area contributed by atoms with Crippen LogP contribution in [0.1, 0.15) is 63.5 Å². The molecule has 2 fully saturated rings. The van der Waals surface area contributed by atoms with E-state index < -0.39 is 0 Å². The van der Waals surface area contributed by atoms with E-state index in [0.29, 0.717) is 13.0 Å². The zero-order valence-corrected chi connectivity index (χ0v) is 15.9. The van der Waals surface area contributed by atoms with E-state index in [4.69, 9.17) is 0 Å². The topological polar surface area (TPSA) is 69.7 Å². The maximum absolute atomic E-state index is 12.7. The standard InChI is InChI=1S/C20H27N3O3/c1-12(2)14-7-5-8-15(13(3)4)18(14)21-17(24)11-23-19(25)16-9-6-10-22(16)20(23)26/h5,7-8,12-13,16H,6,9-11H2,1-4H3,(H,21,24)/t16-/m1/s1. The molecule has 1 atom stereocenters. The Bertz CT molecular complexity index is 694. The molecule has 4 amide bonds. The number of benzene rings is 1. The lowest BCUT2D eigenvalue weighted by atomic mass is 9.92. The van der Waals surface area contributed by atoms with Crippen LogP contribution in [0.3, 0.4) is 0 Å². The molecule has 2 aliphatic rings. The van der Waals surface area contributed by atoms with Gasteiger partial charge in [-0.3, -0.25) is 14.5 Å². The van der Waals surface area contributed by atoms with Crippen molar-refractivity contribution in [1.82, 2.24) is 9.80 Å². The molecular weight excluding hydrogens is 330 g/mol. The number of urea groups is 1. The Morgan fingerprint density at radius 1 is 1.15 bits per heavy atom. The molecule has 1 N–H and O–H groups in total. The van der Waals surface area contributed by atoms with Gasteiger partial charge >= 0.3 is 6.03 Å². The summed E-state index contributed by atoms with van der Waals surface area (Å²) in [4.78, 5) is 40.1. The summed E-state index contributed by atoms with van der Waals surface area (Å²) in [5.74, 6) is -0.0687. The molecule has 1 aromatic rings. The van der Waals surface area contributed by atoms with Crippen molar-refractivity contribution in [1.29, 1.82) is 0 Å². The van der Waals surface area contributed by atoms with Gasteiger partial charge in [-0.25, -0.2) is 4.79 Å². The molecule has 0 spiro atoms. The molecule has 0 radical (unpaired) electrons. The minimum Gasteiger partial charge on any atom is -0.324 e. The highest BCUT2D eigenvalue weighted by molar-refractivity contribution is 6.08. The van der Waals surface area contributed by atoms with E-state index >= 15 is 0 Å². The van der Waals surface area contributed by atoms with Crippen LogP contribution in [0.5, 0.6) is 0 Å².